The van der Waals surface area contributed by atoms with Gasteiger partial charge in [0.2, 0.25) is 0 Å². The molecule has 0 aliphatic carbocycles. The van der Waals surface area contributed by atoms with Crippen molar-refractivity contribution in [3.63, 3.8) is 0 Å². The van der Waals surface area contributed by atoms with Gasteiger partial charge in [-0.1, -0.05) is 19.1 Å². The Hall–Kier alpha value is -3.30. The van der Waals surface area contributed by atoms with Crippen LogP contribution in [0.3, 0.4) is 0 Å². The smallest absolute Gasteiger partial charge is 0.270 e. The highest BCUT2D eigenvalue weighted by molar-refractivity contribution is 7.09. The molecular weight excluding hydrogens is 490 g/mol. The molecule has 1 aromatic heterocycles. The van der Waals surface area contributed by atoms with Gasteiger partial charge in [0.25, 0.3) is 5.91 Å². The molecule has 200 valence electrons. The van der Waals surface area contributed by atoms with Crippen molar-refractivity contribution in [3.8, 4) is 23.0 Å². The van der Waals surface area contributed by atoms with Crippen LogP contribution in [0, 0.1) is 0 Å². The molecule has 8 nitrogen and oxygen atoms in total. The molecule has 1 amide bonds. The van der Waals surface area contributed by atoms with Gasteiger partial charge >= 0.3 is 0 Å². The number of benzene rings is 2. The number of thiazole rings is 1. The lowest BCUT2D eigenvalue weighted by Crippen LogP contribution is -2.32. The Kier molecular flexibility index (Phi) is 10.6. The summed E-state index contributed by atoms with van der Waals surface area (Å²) in [7, 11) is 6.57. The topological polar surface area (TPSA) is 82.2 Å². The fourth-order valence-electron chi connectivity index (χ4n) is 3.84. The van der Waals surface area contributed by atoms with Gasteiger partial charge in [0.1, 0.15) is 22.2 Å². The Bertz CT molecular complexity index is 1170. The third-order valence-corrected chi connectivity index (χ3v) is 7.02. The normalized spacial score (nSPS) is 11.8. The molecule has 1 heterocycles. The second kappa shape index (κ2) is 13.9. The van der Waals surface area contributed by atoms with E-state index in [9.17, 15) is 4.79 Å². The third kappa shape index (κ3) is 7.84. The van der Waals surface area contributed by atoms with E-state index in [1.54, 1.807) is 28.4 Å². The number of rotatable bonds is 14. The summed E-state index contributed by atoms with van der Waals surface area (Å²) in [5.74, 6) is 2.79. The van der Waals surface area contributed by atoms with E-state index in [0.717, 1.165) is 47.0 Å². The Morgan fingerprint density at radius 1 is 0.973 bits per heavy atom. The zero-order chi connectivity index (χ0) is 26.8. The molecule has 3 aromatic rings. The summed E-state index contributed by atoms with van der Waals surface area (Å²) in [5, 5.41) is 5.70. The molecule has 0 radical (unpaired) electrons. The number of aromatic nitrogens is 1. The van der Waals surface area contributed by atoms with Crippen LogP contribution in [0.2, 0.25) is 0 Å². The Morgan fingerprint density at radius 2 is 1.73 bits per heavy atom. The molecule has 2 aromatic carbocycles. The SMILES string of the molecule is CCC(C)NC(=O)c1csc(CN(CCc2ccc(OC)c(OC)c2)Cc2ccc(OC)cc2OC)n1. The second-order valence-electron chi connectivity index (χ2n) is 8.74. The van der Waals surface area contributed by atoms with Gasteiger partial charge in [-0.05, 0) is 43.5 Å². The maximum atomic E-state index is 12.5. The van der Waals surface area contributed by atoms with Crippen LogP contribution in [0.25, 0.3) is 0 Å². The standard InChI is InChI=1S/C28H37N3O5S/c1-7-19(2)29-28(32)23-18-37-27(30-23)17-31(16-21-9-10-22(33-3)15-25(21)35-5)13-12-20-8-11-24(34-4)26(14-20)36-6/h8-11,14-15,18-19H,7,12-13,16-17H2,1-6H3,(H,29,32). The molecular formula is C28H37N3O5S. The van der Waals surface area contributed by atoms with Crippen LogP contribution >= 0.6 is 11.3 Å². The highest BCUT2D eigenvalue weighted by atomic mass is 32.1. The van der Waals surface area contributed by atoms with Gasteiger partial charge in [-0.15, -0.1) is 11.3 Å². The highest BCUT2D eigenvalue weighted by Gasteiger charge is 2.17. The fraction of sp³-hybridized carbons (Fsp3) is 0.429. The minimum Gasteiger partial charge on any atom is -0.497 e. The first-order valence-electron chi connectivity index (χ1n) is 12.3. The summed E-state index contributed by atoms with van der Waals surface area (Å²) >= 11 is 1.50. The zero-order valence-electron chi connectivity index (χ0n) is 22.5. The number of methoxy groups -OCH3 is 4. The zero-order valence-corrected chi connectivity index (χ0v) is 23.3. The number of carbonyl (C=O) groups is 1. The first-order chi connectivity index (χ1) is 17.9. The monoisotopic (exact) mass is 527 g/mol. The largest absolute Gasteiger partial charge is 0.497 e. The van der Waals surface area contributed by atoms with Gasteiger partial charge in [-0.25, -0.2) is 4.98 Å². The van der Waals surface area contributed by atoms with Crippen LogP contribution in [0.4, 0.5) is 0 Å². The molecule has 9 heteroatoms. The maximum absolute atomic E-state index is 12.5. The number of ether oxygens (including phenoxy) is 4. The number of hydrogen-bond donors (Lipinski definition) is 1. The molecule has 1 atom stereocenters. The first kappa shape index (κ1) is 28.3. The van der Waals surface area contributed by atoms with E-state index >= 15 is 0 Å². The van der Waals surface area contributed by atoms with Gasteiger partial charge in [0.15, 0.2) is 11.5 Å². The molecule has 0 saturated heterocycles. The molecule has 37 heavy (non-hydrogen) atoms. The van der Waals surface area contributed by atoms with Crippen LogP contribution in [-0.4, -0.2) is 56.8 Å². The molecule has 0 spiro atoms. The number of nitrogens with one attached hydrogen (secondary N) is 1. The Balaban J connectivity index is 1.80. The van der Waals surface area contributed by atoms with Crippen LogP contribution in [0.15, 0.2) is 41.8 Å². The summed E-state index contributed by atoms with van der Waals surface area (Å²) < 4.78 is 21.8. The van der Waals surface area contributed by atoms with E-state index in [1.165, 1.54) is 11.3 Å². The van der Waals surface area contributed by atoms with Crippen molar-refractivity contribution < 1.29 is 23.7 Å². The summed E-state index contributed by atoms with van der Waals surface area (Å²) in [6, 6.07) is 11.9. The highest BCUT2D eigenvalue weighted by Crippen LogP contribution is 2.29. The second-order valence-corrected chi connectivity index (χ2v) is 9.68. The van der Waals surface area contributed by atoms with Crippen molar-refractivity contribution in [3.05, 3.63) is 63.6 Å². The molecule has 0 saturated carbocycles. The molecule has 1 unspecified atom stereocenters. The lowest BCUT2D eigenvalue weighted by molar-refractivity contribution is 0.0934. The minimum absolute atomic E-state index is 0.109. The molecule has 3 rings (SSSR count). The summed E-state index contributed by atoms with van der Waals surface area (Å²) in [5.41, 5.74) is 2.64. The first-order valence-corrected chi connectivity index (χ1v) is 13.2. The average Bonchev–Trinajstić information content (AvgIpc) is 3.40. The van der Waals surface area contributed by atoms with Crippen molar-refractivity contribution >= 4 is 17.2 Å². The van der Waals surface area contributed by atoms with E-state index in [2.05, 4.69) is 15.2 Å². The number of hydrogen-bond acceptors (Lipinski definition) is 8. The predicted molar refractivity (Wildman–Crippen MR) is 146 cm³/mol. The van der Waals surface area contributed by atoms with Gasteiger partial charge in [0, 0.05) is 36.1 Å². The van der Waals surface area contributed by atoms with Crippen LogP contribution < -0.4 is 24.3 Å². The number of amides is 1. The predicted octanol–water partition coefficient (Wildman–Crippen LogP) is 4.95. The molecule has 0 aliphatic heterocycles. The average molecular weight is 528 g/mol. The lowest BCUT2D eigenvalue weighted by atomic mass is 10.1. The van der Waals surface area contributed by atoms with Crippen molar-refractivity contribution in [2.75, 3.05) is 35.0 Å². The van der Waals surface area contributed by atoms with Gasteiger partial charge in [0.05, 0.1) is 35.0 Å². The maximum Gasteiger partial charge on any atom is 0.270 e. The third-order valence-electron chi connectivity index (χ3n) is 6.19. The molecule has 0 fully saturated rings. The van der Waals surface area contributed by atoms with E-state index in [-0.39, 0.29) is 11.9 Å². The van der Waals surface area contributed by atoms with Crippen LogP contribution in [-0.2, 0) is 19.5 Å². The van der Waals surface area contributed by atoms with Crippen molar-refractivity contribution in [1.82, 2.24) is 15.2 Å². The van der Waals surface area contributed by atoms with Crippen molar-refractivity contribution in [2.24, 2.45) is 0 Å². The molecule has 0 aliphatic rings. The molecule has 0 bridgehead atoms. The fourth-order valence-corrected chi connectivity index (χ4v) is 4.66. The lowest BCUT2D eigenvalue weighted by Gasteiger charge is -2.23. The summed E-state index contributed by atoms with van der Waals surface area (Å²) in [4.78, 5) is 19.5. The van der Waals surface area contributed by atoms with Crippen molar-refractivity contribution in [2.45, 2.75) is 45.8 Å². The van der Waals surface area contributed by atoms with Crippen LogP contribution in [0.1, 0.15) is 46.9 Å². The summed E-state index contributed by atoms with van der Waals surface area (Å²) in [6.45, 7) is 6.04. The Labute approximate surface area is 223 Å². The van der Waals surface area contributed by atoms with E-state index < -0.39 is 0 Å². The van der Waals surface area contributed by atoms with Crippen LogP contribution in [0.5, 0.6) is 23.0 Å². The van der Waals surface area contributed by atoms with E-state index in [4.69, 9.17) is 18.9 Å². The Morgan fingerprint density at radius 3 is 2.41 bits per heavy atom. The van der Waals surface area contributed by atoms with Gasteiger partial charge < -0.3 is 24.3 Å². The van der Waals surface area contributed by atoms with Gasteiger partial charge in [-0.2, -0.15) is 0 Å². The van der Waals surface area contributed by atoms with Crippen molar-refractivity contribution in [1.29, 1.82) is 0 Å². The molecule has 1 N–H and O–H groups in total. The number of nitrogens with zero attached hydrogens (tertiary/aromatic N) is 2. The number of carbonyl (C=O) groups excluding carboxylic acids is 1. The van der Waals surface area contributed by atoms with E-state index in [1.807, 2.05) is 55.6 Å². The van der Waals surface area contributed by atoms with Gasteiger partial charge in [-0.3, -0.25) is 9.69 Å². The minimum atomic E-state index is -0.134. The van der Waals surface area contributed by atoms with E-state index in [0.29, 0.717) is 30.3 Å². The summed E-state index contributed by atoms with van der Waals surface area (Å²) in [6.07, 6.45) is 1.67. The quantitative estimate of drug-likeness (QED) is 0.318.